The number of pyridine rings is 2. The van der Waals surface area contributed by atoms with E-state index >= 15 is 0 Å². The first kappa shape index (κ1) is 115. The molecule has 0 atom stereocenters. The summed E-state index contributed by atoms with van der Waals surface area (Å²) in [7, 11) is 3.98. The third kappa shape index (κ3) is 49.6. The number of hydrogen-bond donors (Lipinski definition) is 10. The number of phenolic OH excluding ortho intramolecular Hbond substituents is 1. The molecule has 41 heteroatoms. The van der Waals surface area contributed by atoms with Gasteiger partial charge in [-0.05, 0) is 240 Å². The topological polar surface area (TPSA) is 438 Å². The Balaban J connectivity index is 0.00000154. The van der Waals surface area contributed by atoms with Gasteiger partial charge in [-0.3, -0.25) is 39.3 Å². The van der Waals surface area contributed by atoms with Gasteiger partial charge in [0.2, 0.25) is 0 Å². The van der Waals surface area contributed by atoms with E-state index in [4.69, 9.17) is 71.7 Å². The summed E-state index contributed by atoms with van der Waals surface area (Å²) < 4.78 is 94.2. The molecule has 12 N–H and O–H groups in total. The summed E-state index contributed by atoms with van der Waals surface area (Å²) in [6, 6.07) is 38.3. The van der Waals surface area contributed by atoms with E-state index in [1.54, 1.807) is 153 Å². The number of carbonyl (C=O) groups excluding carboxylic acids is 7. The predicted octanol–water partition coefficient (Wildman–Crippen LogP) is 7.05. The SMILES string of the molecule is CC(C)(C)OC(=O)NCCBr.CC(C)(C)OC(=O)NCCOc1ccc(NC(=O)OC(C)(C)C)cc1.CC(C)(C)OC(=O)Nc1ccc(O)cc1.CN1CC[N+](C)=C1Cl.Cl.N#C[O-].NC(=O)Nc1ccc(OCCNC(=O)c2cccn(Cc3ccc(F)c(F)c3)c2=O)cc1.Nc1ccc(OCCNC(=O)c2cccn(Cc3ccc(F)c(F)c3)c2=O)cc1.[Cl-].[K+]. The van der Waals surface area contributed by atoms with Crippen LogP contribution in [0, 0.1) is 34.8 Å². The Morgan fingerprint density at radius 1 is 0.532 bits per heavy atom. The average Bonchev–Trinajstić information content (AvgIpc) is 1.05. The third-order valence-corrected chi connectivity index (χ3v) is 15.7. The van der Waals surface area contributed by atoms with Crippen molar-refractivity contribution in [3.05, 3.63) is 236 Å². The van der Waals surface area contributed by atoms with E-state index in [-0.39, 0.29) is 139 Å². The second-order valence-corrected chi connectivity index (χ2v) is 31.1. The number of alkyl carbamates (subject to hydrolysis) is 2. The smallest absolute Gasteiger partial charge is 1.00 e. The van der Waals surface area contributed by atoms with E-state index in [0.29, 0.717) is 77.1 Å². The third-order valence-electron chi connectivity index (χ3n) is 14.7. The molecule has 8 aromatic rings. The molecule has 0 unspecified atom stereocenters. The number of alkyl halides is 1. The van der Waals surface area contributed by atoms with Gasteiger partial charge < -0.3 is 103 Å². The van der Waals surface area contributed by atoms with Crippen molar-refractivity contribution >= 4 is 110 Å². The number of hydrogen-bond acceptors (Lipinski definition) is 21. The molecule has 0 saturated carbocycles. The van der Waals surface area contributed by atoms with Crippen molar-refractivity contribution in [3.8, 4) is 29.3 Å². The number of halogens is 8. The van der Waals surface area contributed by atoms with Crippen LogP contribution in [0.2, 0.25) is 0 Å². The van der Waals surface area contributed by atoms with Gasteiger partial charge in [-0.15, -0.1) is 12.4 Å². The van der Waals surface area contributed by atoms with Gasteiger partial charge in [0.1, 0.15) is 89.4 Å². The minimum Gasteiger partial charge on any atom is -1.00 e. The zero-order valence-corrected chi connectivity index (χ0v) is 79.5. The predicted molar refractivity (Wildman–Crippen MR) is 468 cm³/mol. The summed E-state index contributed by atoms with van der Waals surface area (Å²) in [6.07, 6.45) is 1.58. The summed E-state index contributed by atoms with van der Waals surface area (Å²) in [6.45, 7) is 25.7. The molecule has 2 aromatic heterocycles. The van der Waals surface area contributed by atoms with E-state index < -0.39 is 92.9 Å². The van der Waals surface area contributed by atoms with Crippen molar-refractivity contribution < 1.29 is 163 Å². The number of phenols is 1. The molecule has 32 nitrogen and oxygen atoms in total. The molecule has 682 valence electrons. The van der Waals surface area contributed by atoms with E-state index in [9.17, 15) is 60.7 Å². The van der Waals surface area contributed by atoms with Gasteiger partial charge >= 0.3 is 87.1 Å². The quantitative estimate of drug-likeness (QED) is 0.00293. The number of urea groups is 1. The first-order valence-electron chi connectivity index (χ1n) is 37.8. The van der Waals surface area contributed by atoms with Gasteiger partial charge in [0.25, 0.3) is 22.9 Å². The van der Waals surface area contributed by atoms with Crippen molar-refractivity contribution in [3.63, 3.8) is 0 Å². The van der Waals surface area contributed by atoms with E-state index in [1.165, 1.54) is 64.0 Å². The molecular weight excluding hydrogens is 1810 g/mol. The van der Waals surface area contributed by atoms with Gasteiger partial charge in [-0.2, -0.15) is 0 Å². The van der Waals surface area contributed by atoms with Crippen LogP contribution in [-0.4, -0.2) is 172 Å². The largest absolute Gasteiger partial charge is 1.00 e. The number of benzene rings is 6. The van der Waals surface area contributed by atoms with Crippen molar-refractivity contribution in [2.75, 3.05) is 100 Å². The van der Waals surface area contributed by atoms with Gasteiger partial charge in [0, 0.05) is 64.9 Å². The maximum absolute atomic E-state index is 13.4. The Bertz CT molecular complexity index is 4940. The van der Waals surface area contributed by atoms with Crippen LogP contribution in [0.25, 0.3) is 0 Å². The number of primary amides is 1. The summed E-state index contributed by atoms with van der Waals surface area (Å²) in [5.74, 6) is -3.16. The molecule has 0 fully saturated rings. The number of aromatic hydroxyl groups is 1. The van der Waals surface area contributed by atoms with Gasteiger partial charge in [0.15, 0.2) is 23.3 Å². The second kappa shape index (κ2) is 58.3. The maximum atomic E-state index is 13.4. The fourth-order valence-corrected chi connectivity index (χ4v) is 9.80. The molecule has 0 aliphatic carbocycles. The van der Waals surface area contributed by atoms with E-state index in [2.05, 4.69) is 53.1 Å². The Morgan fingerprint density at radius 2 is 0.857 bits per heavy atom. The number of ether oxygens (including phenoxy) is 7. The minimum atomic E-state index is -1.01. The van der Waals surface area contributed by atoms with Crippen LogP contribution in [0.5, 0.6) is 23.0 Å². The second-order valence-electron chi connectivity index (χ2n) is 29.9. The molecule has 1 aliphatic rings. The molecule has 3 heterocycles. The number of likely N-dealkylation sites (N-methyl/N-ethyl adjacent to an activating group) is 2. The summed E-state index contributed by atoms with van der Waals surface area (Å²) in [5, 5.41) is 43.6. The van der Waals surface area contributed by atoms with E-state index in [1.807, 2.05) is 44.3 Å². The minimum absolute atomic E-state index is 0. The fourth-order valence-electron chi connectivity index (χ4n) is 9.43. The fraction of sp³-hybridized carbons (Fsp3) is 0.353. The molecule has 6 aromatic carbocycles. The van der Waals surface area contributed by atoms with Gasteiger partial charge in [0.05, 0.1) is 46.8 Å². The molecular formula is C85H107BrCl3F4KN14O18. The molecule has 8 amide bonds. The number of nitrogens with two attached hydrogens (primary N) is 2. The molecule has 126 heavy (non-hydrogen) atoms. The van der Waals surface area contributed by atoms with Crippen LogP contribution in [-0.2, 0) is 32.0 Å². The Labute approximate surface area is 797 Å². The molecule has 0 radical (unpaired) electrons. The number of aromatic nitrogens is 2. The van der Waals surface area contributed by atoms with E-state index in [0.717, 1.165) is 48.0 Å². The summed E-state index contributed by atoms with van der Waals surface area (Å²) >= 11 is 8.97. The van der Waals surface area contributed by atoms with Crippen LogP contribution in [0.4, 0.5) is 64.3 Å². The normalized spacial score (nSPS) is 11.0. The molecule has 1 aliphatic heterocycles. The number of nitrogens with one attached hydrogen (secondary N) is 7. The first-order valence-corrected chi connectivity index (χ1v) is 39.3. The summed E-state index contributed by atoms with van der Waals surface area (Å²) in [4.78, 5) is 108. The number of nitrogens with zero attached hydrogens (tertiary/aromatic N) is 5. The maximum Gasteiger partial charge on any atom is 1.00 e. The number of amidine groups is 1. The number of rotatable bonds is 23. The molecule has 0 bridgehead atoms. The Kier molecular flexibility index (Phi) is 53.2. The molecule has 0 spiro atoms. The van der Waals surface area contributed by atoms with Crippen LogP contribution < -0.4 is 143 Å². The number of nitrogen functional groups attached to an aromatic ring is 1. The monoisotopic (exact) mass is 1910 g/mol. The number of anilines is 4. The van der Waals surface area contributed by atoms with Crippen molar-refractivity contribution in [1.82, 2.24) is 35.3 Å². The van der Waals surface area contributed by atoms with Crippen molar-refractivity contribution in [1.29, 1.82) is 5.26 Å². The van der Waals surface area contributed by atoms with Crippen molar-refractivity contribution in [2.45, 2.75) is 119 Å². The van der Waals surface area contributed by atoms with Crippen LogP contribution >= 0.6 is 39.9 Å². The average molecular weight is 1910 g/mol. The summed E-state index contributed by atoms with van der Waals surface area (Å²) in [5.41, 5.74) is 10.5. The van der Waals surface area contributed by atoms with Crippen molar-refractivity contribution in [2.24, 2.45) is 5.73 Å². The first-order chi connectivity index (χ1) is 57.7. The molecule has 0 saturated heterocycles. The van der Waals surface area contributed by atoms with Crippen LogP contribution in [0.3, 0.4) is 0 Å². The van der Waals surface area contributed by atoms with Gasteiger partial charge in [-0.1, -0.05) is 28.1 Å². The zero-order chi connectivity index (χ0) is 92.2. The number of carbonyl (C=O) groups is 7. The van der Waals surface area contributed by atoms with Crippen LogP contribution in [0.15, 0.2) is 180 Å². The number of amides is 8. The van der Waals surface area contributed by atoms with Crippen LogP contribution in [0.1, 0.15) is 115 Å². The number of nitriles is 1. The Morgan fingerprint density at radius 3 is 1.17 bits per heavy atom. The standard InChI is InChI=1S/C22H20F2N4O4.C21H19F2N3O3.C18H28N2O5.C11H15NO3.C7H14BrNO2.C5H10ClN2.CHNO.2ClH.K/c23-18-8-3-14(12-19(18)24)13-28-10-1-2-17(21(28)30)20(29)26-9-11-32-16-6-4-15(5-7-16)27-22(25)31;22-18-8-3-14(12-19(18)23)13-26-10-1-2-17(21(26)28)20(27)25-9-11-29-16-6-4-15(24)5-7-16;1-17(2,3)24-15(21)19-11-12-23-14-9-7-13(8-10-14)20-16(22)25-18(4,5)6;1-11(2,3)15-10(14)12-8-4-6-9(13)7-5-8;1-7(2,3)11-6(10)9-5-4-8;1-7-3-4-8(2)5(7)6;2-1-3;;;/h1-8,10,12H,9,11,13H2,(H,26,29)(H3,25,27,31);1-8,10,12H,9,11,13,24H2,(H,25,27);7-10H,11-12H2,1-6H3,(H,19,21)(H,20,22);4-7,13H,1-3H3,(H,12,14);4-5H2,1-3H3,(H,9,10);3-4H2,1-2H3;3H;2*1H;/q;;;;;+1;;;;+1/p-2. The zero-order valence-electron chi connectivity index (χ0n) is 72.5. The molecule has 9 rings (SSSR count). The van der Waals surface area contributed by atoms with Gasteiger partial charge in [-0.25, -0.2) is 46.8 Å². The Hall–Kier alpha value is -11.0.